The van der Waals surface area contributed by atoms with E-state index < -0.39 is 17.6 Å². The van der Waals surface area contributed by atoms with Gasteiger partial charge in [-0.05, 0) is 48.7 Å². The average molecular weight is 527 g/mol. The number of aldehydes is 1. The van der Waals surface area contributed by atoms with Crippen LogP contribution in [0, 0.1) is 5.92 Å². The molecule has 0 aliphatic heterocycles. The number of ether oxygens (including phenoxy) is 2. The van der Waals surface area contributed by atoms with Gasteiger partial charge in [0.25, 0.3) is 5.91 Å². The number of guanidine groups is 1. The molecule has 2 aromatic carbocycles. The number of nitrogens with two attached hydrogens (primary N) is 2. The number of rotatable bonds is 9. The fraction of sp³-hybridized carbons (Fsp3) is 0.423. The summed E-state index contributed by atoms with van der Waals surface area (Å²) in [5, 5.41) is 2.80. The van der Waals surface area contributed by atoms with Crippen LogP contribution in [0.15, 0.2) is 47.5 Å². The van der Waals surface area contributed by atoms with Gasteiger partial charge in [0.15, 0.2) is 17.5 Å². The molecule has 2 aromatic rings. The number of nitrogens with one attached hydrogen (secondary N) is 1. The monoisotopic (exact) mass is 526 g/mol. The van der Waals surface area contributed by atoms with Gasteiger partial charge in [-0.3, -0.25) is 4.79 Å². The molecule has 2 rings (SSSR count). The van der Waals surface area contributed by atoms with E-state index in [0.29, 0.717) is 29.5 Å². The van der Waals surface area contributed by atoms with Crippen LogP contribution in [0.4, 0.5) is 13.2 Å². The van der Waals surface area contributed by atoms with Crippen LogP contribution in [-0.4, -0.2) is 39.4 Å². The van der Waals surface area contributed by atoms with Crippen molar-refractivity contribution in [1.29, 1.82) is 0 Å². The Balaban J connectivity index is 0.000000573. The quantitative estimate of drug-likeness (QED) is 0.255. The van der Waals surface area contributed by atoms with Crippen LogP contribution in [0.2, 0.25) is 0 Å². The third kappa shape index (κ3) is 15.2. The number of hydrogen-bond acceptors (Lipinski definition) is 5. The van der Waals surface area contributed by atoms with Crippen molar-refractivity contribution in [2.75, 3.05) is 21.3 Å². The predicted octanol–water partition coefficient (Wildman–Crippen LogP) is 4.09. The van der Waals surface area contributed by atoms with Crippen LogP contribution in [0.5, 0.6) is 11.5 Å². The van der Waals surface area contributed by atoms with E-state index in [0.717, 1.165) is 36.8 Å². The molecule has 0 unspecified atom stereocenters. The molecule has 0 bridgehead atoms. The molecule has 0 aliphatic rings. The van der Waals surface area contributed by atoms with Gasteiger partial charge < -0.3 is 31.1 Å². The summed E-state index contributed by atoms with van der Waals surface area (Å²) in [6, 6.07) is 10.5. The van der Waals surface area contributed by atoms with Crippen molar-refractivity contribution in [2.24, 2.45) is 22.4 Å². The largest absolute Gasteiger partial charge is 0.493 e. The van der Waals surface area contributed by atoms with Gasteiger partial charge in [-0.2, -0.15) is 18.2 Å². The number of nitrogens with zero attached hydrogens (tertiary/aromatic N) is 1. The molecule has 8 nitrogen and oxygen atoms in total. The lowest BCUT2D eigenvalue weighted by atomic mass is 10.1. The Labute approximate surface area is 216 Å². The van der Waals surface area contributed by atoms with Gasteiger partial charge in [0.05, 0.1) is 26.2 Å². The number of carbonyl (C=O) groups is 2. The number of benzene rings is 2. The summed E-state index contributed by atoms with van der Waals surface area (Å²) in [5.41, 5.74) is 11.0. The van der Waals surface area contributed by atoms with Crippen molar-refractivity contribution in [3.8, 4) is 11.5 Å². The number of aliphatic imine (C=N–C) groups is 1. The van der Waals surface area contributed by atoms with Crippen LogP contribution in [0.25, 0.3) is 0 Å². The number of carbonyl (C=O) groups excluding carboxylic acids is 2. The second-order valence-corrected chi connectivity index (χ2v) is 8.16. The highest BCUT2D eigenvalue weighted by Crippen LogP contribution is 2.29. The SMILES string of the molecule is CC(C)CCC=O.CNCc1cccc(C(F)(F)F)c1.COc1ccc(CC(=O)N=C(N)N)cc1OC. The van der Waals surface area contributed by atoms with Crippen LogP contribution in [0.3, 0.4) is 0 Å². The Morgan fingerprint density at radius 2 is 1.70 bits per heavy atom. The highest BCUT2D eigenvalue weighted by atomic mass is 19.4. The summed E-state index contributed by atoms with van der Waals surface area (Å²) in [7, 11) is 4.77. The fourth-order valence-electron chi connectivity index (χ4n) is 2.81. The third-order valence-corrected chi connectivity index (χ3v) is 4.55. The summed E-state index contributed by atoms with van der Waals surface area (Å²) < 4.78 is 46.8. The maximum absolute atomic E-state index is 12.2. The Bertz CT molecular complexity index is 992. The molecule has 0 aromatic heterocycles. The molecule has 5 N–H and O–H groups in total. The normalized spacial score (nSPS) is 10.3. The van der Waals surface area contributed by atoms with Crippen LogP contribution < -0.4 is 26.3 Å². The molecule has 0 saturated carbocycles. The van der Waals surface area contributed by atoms with Crippen LogP contribution in [-0.2, 0) is 28.7 Å². The van der Waals surface area contributed by atoms with Gasteiger partial charge in [-0.15, -0.1) is 0 Å². The zero-order valence-electron chi connectivity index (χ0n) is 21.9. The number of halogens is 3. The van der Waals surface area contributed by atoms with E-state index in [9.17, 15) is 22.8 Å². The van der Waals surface area contributed by atoms with Crippen molar-refractivity contribution >= 4 is 18.2 Å². The van der Waals surface area contributed by atoms with E-state index in [1.807, 2.05) is 0 Å². The highest BCUT2D eigenvalue weighted by molar-refractivity contribution is 5.92. The summed E-state index contributed by atoms with van der Waals surface area (Å²) in [6.45, 7) is 4.68. The van der Waals surface area contributed by atoms with E-state index in [1.165, 1.54) is 13.2 Å². The molecular weight excluding hydrogens is 489 g/mol. The molecule has 11 heteroatoms. The molecule has 0 radical (unpaired) electrons. The second kappa shape index (κ2) is 17.8. The Morgan fingerprint density at radius 1 is 1.05 bits per heavy atom. The van der Waals surface area contributed by atoms with Gasteiger partial charge in [0.1, 0.15) is 6.29 Å². The summed E-state index contributed by atoms with van der Waals surface area (Å²) in [5.74, 6) is 1.19. The van der Waals surface area contributed by atoms with Crippen molar-refractivity contribution in [3.05, 3.63) is 59.2 Å². The lowest BCUT2D eigenvalue weighted by Crippen LogP contribution is -2.24. The second-order valence-electron chi connectivity index (χ2n) is 8.16. The van der Waals surface area contributed by atoms with Crippen LogP contribution >= 0.6 is 0 Å². The Morgan fingerprint density at radius 3 is 2.16 bits per heavy atom. The van der Waals surface area contributed by atoms with E-state index in [-0.39, 0.29) is 12.4 Å². The molecule has 0 spiro atoms. The lowest BCUT2D eigenvalue weighted by Gasteiger charge is -2.08. The first-order valence-electron chi connectivity index (χ1n) is 11.5. The smallest absolute Gasteiger partial charge is 0.416 e. The van der Waals surface area contributed by atoms with Crippen LogP contribution in [0.1, 0.15) is 43.4 Å². The Hall–Kier alpha value is -3.60. The molecule has 0 aliphatic carbocycles. The minimum atomic E-state index is -4.25. The maximum atomic E-state index is 12.2. The maximum Gasteiger partial charge on any atom is 0.416 e. The van der Waals surface area contributed by atoms with E-state index >= 15 is 0 Å². The van der Waals surface area contributed by atoms with Gasteiger partial charge in [-0.25, -0.2) is 0 Å². The molecule has 0 fully saturated rings. The minimum Gasteiger partial charge on any atom is -0.493 e. The standard InChI is InChI=1S/C11H15N3O3.C9H10F3N.C6H12O/c1-16-8-4-3-7(5-9(8)17-2)6-10(15)14-11(12)13;1-13-6-7-3-2-4-8(5-7)9(10,11)12;1-6(2)4-3-5-7/h3-5H,6H2,1-2H3,(H4,12,13,14,15);2-5,13H,6H2,1H3;5-6H,3-4H2,1-2H3. The number of alkyl halides is 3. The minimum absolute atomic E-state index is 0.109. The predicted molar refractivity (Wildman–Crippen MR) is 138 cm³/mol. The van der Waals surface area contributed by atoms with E-state index in [4.69, 9.17) is 20.9 Å². The average Bonchev–Trinajstić information content (AvgIpc) is 2.82. The van der Waals surface area contributed by atoms with E-state index in [2.05, 4.69) is 24.2 Å². The first-order valence-corrected chi connectivity index (χ1v) is 11.5. The molecule has 0 saturated heterocycles. The van der Waals surface area contributed by atoms with Gasteiger partial charge in [0.2, 0.25) is 0 Å². The summed E-state index contributed by atoms with van der Waals surface area (Å²) >= 11 is 0. The first-order chi connectivity index (χ1) is 17.4. The molecular formula is C26H37F3N4O4. The van der Waals surface area contributed by atoms with Gasteiger partial charge in [-0.1, -0.05) is 38.1 Å². The summed E-state index contributed by atoms with van der Waals surface area (Å²) in [4.78, 5) is 24.5. The fourth-order valence-corrected chi connectivity index (χ4v) is 2.81. The van der Waals surface area contributed by atoms with Crippen molar-refractivity contribution < 1.29 is 32.2 Å². The third-order valence-electron chi connectivity index (χ3n) is 4.55. The molecule has 37 heavy (non-hydrogen) atoms. The molecule has 0 atom stereocenters. The zero-order valence-corrected chi connectivity index (χ0v) is 21.9. The van der Waals surface area contributed by atoms with Gasteiger partial charge in [0, 0.05) is 13.0 Å². The van der Waals surface area contributed by atoms with Crippen molar-refractivity contribution in [1.82, 2.24) is 5.32 Å². The summed E-state index contributed by atoms with van der Waals surface area (Å²) in [6.07, 6.45) is -1.41. The van der Waals surface area contributed by atoms with Crippen molar-refractivity contribution in [3.63, 3.8) is 0 Å². The molecule has 0 heterocycles. The Kier molecular flexibility index (Phi) is 16.0. The number of hydrogen-bond donors (Lipinski definition) is 3. The van der Waals surface area contributed by atoms with Gasteiger partial charge >= 0.3 is 6.18 Å². The number of methoxy groups -OCH3 is 2. The highest BCUT2D eigenvalue weighted by Gasteiger charge is 2.30. The first kappa shape index (κ1) is 33.4. The molecule has 206 valence electrons. The number of amides is 1. The topological polar surface area (TPSA) is 129 Å². The zero-order chi connectivity index (χ0) is 28.4. The van der Waals surface area contributed by atoms with Crippen molar-refractivity contribution in [2.45, 2.75) is 45.8 Å². The lowest BCUT2D eigenvalue weighted by molar-refractivity contribution is -0.137. The van der Waals surface area contributed by atoms with E-state index in [1.54, 1.807) is 38.4 Å². The molecule has 1 amide bonds.